The van der Waals surface area contributed by atoms with Gasteiger partial charge in [-0.15, -0.1) is 0 Å². The second-order valence-corrected chi connectivity index (χ2v) is 9.30. The predicted octanol–water partition coefficient (Wildman–Crippen LogP) is 2.14. The first kappa shape index (κ1) is 22.1. The SMILES string of the molecule is COc1cc2c(cc1OC)CN(S(=O)(=O)CCNC(=O)CCc1ccccc1)CC2. The van der Waals surface area contributed by atoms with Crippen molar-refractivity contribution in [3.63, 3.8) is 0 Å². The number of hydrogen-bond acceptors (Lipinski definition) is 5. The quantitative estimate of drug-likeness (QED) is 0.656. The highest BCUT2D eigenvalue weighted by Gasteiger charge is 2.27. The first-order valence-electron chi connectivity index (χ1n) is 9.95. The van der Waals surface area contributed by atoms with Crippen LogP contribution < -0.4 is 14.8 Å². The monoisotopic (exact) mass is 432 g/mol. The topological polar surface area (TPSA) is 84.9 Å². The van der Waals surface area contributed by atoms with Crippen molar-refractivity contribution in [2.24, 2.45) is 0 Å². The van der Waals surface area contributed by atoms with Crippen molar-refractivity contribution in [3.8, 4) is 11.5 Å². The van der Waals surface area contributed by atoms with E-state index in [1.165, 1.54) is 4.31 Å². The van der Waals surface area contributed by atoms with Crippen LogP contribution in [0.15, 0.2) is 42.5 Å². The number of ether oxygens (including phenoxy) is 2. The van der Waals surface area contributed by atoms with Crippen LogP contribution in [0.25, 0.3) is 0 Å². The number of amides is 1. The van der Waals surface area contributed by atoms with E-state index in [0.29, 0.717) is 43.9 Å². The van der Waals surface area contributed by atoms with Crippen LogP contribution in [0.2, 0.25) is 0 Å². The molecule has 2 aromatic rings. The maximum atomic E-state index is 12.8. The Kier molecular flexibility index (Phi) is 7.33. The molecule has 0 saturated heterocycles. The smallest absolute Gasteiger partial charge is 0.220 e. The minimum atomic E-state index is -3.48. The summed E-state index contributed by atoms with van der Waals surface area (Å²) >= 11 is 0. The molecule has 3 rings (SSSR count). The Morgan fingerprint density at radius 1 is 1.07 bits per heavy atom. The number of carbonyl (C=O) groups is 1. The molecule has 0 spiro atoms. The first-order chi connectivity index (χ1) is 14.4. The molecule has 2 aromatic carbocycles. The molecule has 30 heavy (non-hydrogen) atoms. The van der Waals surface area contributed by atoms with Crippen LogP contribution in [0.5, 0.6) is 11.5 Å². The normalized spacial score (nSPS) is 14.1. The molecule has 0 unspecified atom stereocenters. The molecule has 1 aliphatic rings. The second-order valence-electron chi connectivity index (χ2n) is 7.21. The summed E-state index contributed by atoms with van der Waals surface area (Å²) < 4.78 is 37.6. The minimum Gasteiger partial charge on any atom is -0.493 e. The fourth-order valence-corrected chi connectivity index (χ4v) is 4.86. The van der Waals surface area contributed by atoms with E-state index < -0.39 is 10.0 Å². The number of carbonyl (C=O) groups excluding carboxylic acids is 1. The Bertz CT molecular complexity index is 977. The molecule has 0 bridgehead atoms. The van der Waals surface area contributed by atoms with Gasteiger partial charge in [-0.3, -0.25) is 4.79 Å². The van der Waals surface area contributed by atoms with Gasteiger partial charge in [0.15, 0.2) is 11.5 Å². The number of aryl methyl sites for hydroxylation is 1. The molecule has 0 fully saturated rings. The average Bonchev–Trinajstić information content (AvgIpc) is 2.76. The fourth-order valence-electron chi connectivity index (χ4n) is 3.53. The summed E-state index contributed by atoms with van der Waals surface area (Å²) in [6.07, 6.45) is 1.58. The van der Waals surface area contributed by atoms with E-state index in [2.05, 4.69) is 5.32 Å². The van der Waals surface area contributed by atoms with Crippen LogP contribution in [0.1, 0.15) is 23.1 Å². The van der Waals surface area contributed by atoms with Crippen molar-refractivity contribution in [2.75, 3.05) is 33.1 Å². The summed E-state index contributed by atoms with van der Waals surface area (Å²) in [6, 6.07) is 13.5. The lowest BCUT2D eigenvalue weighted by molar-refractivity contribution is -0.120. The Balaban J connectivity index is 1.52. The van der Waals surface area contributed by atoms with Gasteiger partial charge < -0.3 is 14.8 Å². The van der Waals surface area contributed by atoms with Crippen molar-refractivity contribution >= 4 is 15.9 Å². The maximum absolute atomic E-state index is 12.8. The summed E-state index contributed by atoms with van der Waals surface area (Å²) in [7, 11) is -0.339. The van der Waals surface area contributed by atoms with Gasteiger partial charge in [0, 0.05) is 26.1 Å². The number of benzene rings is 2. The van der Waals surface area contributed by atoms with Crippen LogP contribution in [0.4, 0.5) is 0 Å². The summed E-state index contributed by atoms with van der Waals surface area (Å²) in [6.45, 7) is 0.804. The Labute approximate surface area is 178 Å². The van der Waals surface area contributed by atoms with Crippen LogP contribution in [0, 0.1) is 0 Å². The number of hydrogen-bond donors (Lipinski definition) is 1. The Morgan fingerprint density at radius 3 is 2.40 bits per heavy atom. The van der Waals surface area contributed by atoms with Gasteiger partial charge in [0.1, 0.15) is 0 Å². The molecule has 0 aliphatic carbocycles. The van der Waals surface area contributed by atoms with E-state index in [1.54, 1.807) is 14.2 Å². The van der Waals surface area contributed by atoms with E-state index >= 15 is 0 Å². The van der Waals surface area contributed by atoms with Gasteiger partial charge in [-0.1, -0.05) is 30.3 Å². The molecule has 1 amide bonds. The van der Waals surface area contributed by atoms with Crippen molar-refractivity contribution < 1.29 is 22.7 Å². The molecule has 162 valence electrons. The van der Waals surface area contributed by atoms with Crippen molar-refractivity contribution in [1.29, 1.82) is 0 Å². The van der Waals surface area contributed by atoms with E-state index in [0.717, 1.165) is 16.7 Å². The Hall–Kier alpha value is -2.58. The zero-order valence-electron chi connectivity index (χ0n) is 17.4. The van der Waals surface area contributed by atoms with Gasteiger partial charge in [0.2, 0.25) is 15.9 Å². The third kappa shape index (κ3) is 5.52. The van der Waals surface area contributed by atoms with Gasteiger partial charge in [-0.25, -0.2) is 8.42 Å². The van der Waals surface area contributed by atoms with E-state index in [-0.39, 0.29) is 18.2 Å². The van der Waals surface area contributed by atoms with Crippen molar-refractivity contribution in [3.05, 3.63) is 59.2 Å². The molecular weight excluding hydrogens is 404 g/mol. The minimum absolute atomic E-state index is 0.102. The average molecular weight is 433 g/mol. The highest BCUT2D eigenvalue weighted by molar-refractivity contribution is 7.89. The molecule has 1 heterocycles. The lowest BCUT2D eigenvalue weighted by Crippen LogP contribution is -2.40. The Morgan fingerprint density at radius 2 is 1.73 bits per heavy atom. The largest absolute Gasteiger partial charge is 0.493 e. The zero-order chi connectivity index (χ0) is 21.6. The molecule has 0 saturated carbocycles. The van der Waals surface area contributed by atoms with E-state index in [4.69, 9.17) is 9.47 Å². The van der Waals surface area contributed by atoms with Gasteiger partial charge in [0.25, 0.3) is 0 Å². The summed E-state index contributed by atoms with van der Waals surface area (Å²) in [5, 5.41) is 2.72. The van der Waals surface area contributed by atoms with Gasteiger partial charge in [0.05, 0.1) is 20.0 Å². The van der Waals surface area contributed by atoms with Crippen LogP contribution in [-0.4, -0.2) is 51.7 Å². The number of methoxy groups -OCH3 is 2. The number of sulfonamides is 1. The first-order valence-corrected chi connectivity index (χ1v) is 11.6. The molecule has 0 atom stereocenters. The molecular formula is C22H28N2O5S. The number of nitrogens with one attached hydrogen (secondary N) is 1. The summed E-state index contributed by atoms with van der Waals surface area (Å²) in [5.74, 6) is 0.967. The van der Waals surface area contributed by atoms with E-state index in [1.807, 2.05) is 42.5 Å². The standard InChI is InChI=1S/C22H28N2O5S/c1-28-20-14-18-10-12-24(16-19(18)15-21(20)29-2)30(26,27)13-11-23-22(25)9-8-17-6-4-3-5-7-17/h3-7,14-15H,8-13,16H2,1-2H3,(H,23,25). The maximum Gasteiger partial charge on any atom is 0.220 e. The van der Waals surface area contributed by atoms with Crippen LogP contribution in [-0.2, 0) is 34.2 Å². The predicted molar refractivity (Wildman–Crippen MR) is 115 cm³/mol. The number of rotatable bonds is 9. The lowest BCUT2D eigenvalue weighted by atomic mass is 10.0. The third-order valence-corrected chi connectivity index (χ3v) is 7.06. The highest BCUT2D eigenvalue weighted by atomic mass is 32.2. The molecule has 8 heteroatoms. The van der Waals surface area contributed by atoms with Gasteiger partial charge in [-0.05, 0) is 41.7 Å². The number of fused-ring (bicyclic) bond motifs is 1. The fraction of sp³-hybridized carbons (Fsp3) is 0.409. The molecule has 0 aromatic heterocycles. The molecule has 1 N–H and O–H groups in total. The highest BCUT2D eigenvalue weighted by Crippen LogP contribution is 2.33. The second kappa shape index (κ2) is 9.95. The summed E-state index contributed by atoms with van der Waals surface area (Å²) in [5.41, 5.74) is 3.06. The van der Waals surface area contributed by atoms with Gasteiger partial charge >= 0.3 is 0 Å². The van der Waals surface area contributed by atoms with Gasteiger partial charge in [-0.2, -0.15) is 4.31 Å². The summed E-state index contributed by atoms with van der Waals surface area (Å²) in [4.78, 5) is 12.0. The zero-order valence-corrected chi connectivity index (χ0v) is 18.2. The molecule has 7 nitrogen and oxygen atoms in total. The van der Waals surface area contributed by atoms with Crippen LogP contribution in [0.3, 0.4) is 0 Å². The third-order valence-electron chi connectivity index (χ3n) is 5.24. The molecule has 0 radical (unpaired) electrons. The molecule has 1 aliphatic heterocycles. The van der Waals surface area contributed by atoms with Crippen molar-refractivity contribution in [2.45, 2.75) is 25.8 Å². The number of nitrogens with zero attached hydrogens (tertiary/aromatic N) is 1. The van der Waals surface area contributed by atoms with Crippen molar-refractivity contribution in [1.82, 2.24) is 9.62 Å². The lowest BCUT2D eigenvalue weighted by Gasteiger charge is -2.29. The van der Waals surface area contributed by atoms with Crippen LogP contribution >= 0.6 is 0 Å². The van der Waals surface area contributed by atoms with E-state index in [9.17, 15) is 13.2 Å².